The first-order valence-electron chi connectivity index (χ1n) is 8.76. The van der Waals surface area contributed by atoms with Gasteiger partial charge in [-0.3, -0.25) is 14.4 Å². The third kappa shape index (κ3) is 4.41. The van der Waals surface area contributed by atoms with Crippen LogP contribution in [0.15, 0.2) is 54.6 Å². The first-order chi connectivity index (χ1) is 13.1. The molecule has 6 heteroatoms. The zero-order valence-electron chi connectivity index (χ0n) is 15.0. The minimum atomic E-state index is -0.710. The highest BCUT2D eigenvalue weighted by atomic mass is 16.2. The number of H-pyrrole nitrogens is 1. The number of amides is 2. The van der Waals surface area contributed by atoms with Crippen molar-refractivity contribution in [2.45, 2.75) is 19.9 Å². The molecule has 0 aliphatic rings. The predicted octanol–water partition coefficient (Wildman–Crippen LogP) is 2.48. The number of ketones is 1. The molecule has 0 fully saturated rings. The number of para-hydroxylation sites is 1. The summed E-state index contributed by atoms with van der Waals surface area (Å²) in [5, 5.41) is 6.03. The summed E-state index contributed by atoms with van der Waals surface area (Å²) in [5.41, 5.74) is 2.83. The van der Waals surface area contributed by atoms with Crippen molar-refractivity contribution in [3.63, 3.8) is 0 Å². The average molecular weight is 363 g/mol. The maximum atomic E-state index is 12.5. The molecule has 0 aliphatic heterocycles. The number of Topliss-reactive ketones (excluding diaryl/α,β-unsaturated/α-hetero) is 1. The normalized spacial score (nSPS) is 10.6. The predicted molar refractivity (Wildman–Crippen MR) is 103 cm³/mol. The Morgan fingerprint density at radius 2 is 1.63 bits per heavy atom. The van der Waals surface area contributed by atoms with Gasteiger partial charge in [0.2, 0.25) is 5.91 Å². The summed E-state index contributed by atoms with van der Waals surface area (Å²) in [6, 6.07) is 16.9. The van der Waals surface area contributed by atoms with Crippen LogP contribution in [0.3, 0.4) is 0 Å². The lowest BCUT2D eigenvalue weighted by Crippen LogP contribution is -2.34. The van der Waals surface area contributed by atoms with E-state index in [1.165, 1.54) is 0 Å². The molecule has 3 aromatic rings. The summed E-state index contributed by atoms with van der Waals surface area (Å²) >= 11 is 0. The minimum absolute atomic E-state index is 0.104. The smallest absolute Gasteiger partial charge is 0.292 e. The molecule has 2 amide bonds. The maximum absolute atomic E-state index is 12.5. The van der Waals surface area contributed by atoms with Crippen molar-refractivity contribution >= 4 is 28.5 Å². The molecule has 0 saturated carbocycles. The fraction of sp³-hybridized carbons (Fsp3) is 0.190. The Bertz CT molecular complexity index is 977. The van der Waals surface area contributed by atoms with Crippen LogP contribution in [0.25, 0.3) is 10.9 Å². The van der Waals surface area contributed by atoms with Gasteiger partial charge in [0.15, 0.2) is 0 Å². The molecule has 0 unspecified atom stereocenters. The topological polar surface area (TPSA) is 91.1 Å². The molecular weight excluding hydrogens is 342 g/mol. The molecule has 27 heavy (non-hydrogen) atoms. The lowest BCUT2D eigenvalue weighted by Gasteiger charge is -2.07. The third-order valence-corrected chi connectivity index (χ3v) is 4.30. The molecular formula is C21H21N3O3. The monoisotopic (exact) mass is 363 g/mol. The molecule has 0 aliphatic carbocycles. The summed E-state index contributed by atoms with van der Waals surface area (Å²) < 4.78 is 0. The number of benzene rings is 2. The first-order valence-corrected chi connectivity index (χ1v) is 8.76. The molecule has 138 valence electrons. The molecule has 0 spiro atoms. The lowest BCUT2D eigenvalue weighted by atomic mass is 10.1. The van der Waals surface area contributed by atoms with Gasteiger partial charge in [-0.15, -0.1) is 0 Å². The van der Waals surface area contributed by atoms with Gasteiger partial charge in [0.1, 0.15) is 0 Å². The summed E-state index contributed by atoms with van der Waals surface area (Å²) in [4.78, 5) is 39.7. The molecule has 1 aromatic heterocycles. The van der Waals surface area contributed by atoms with Crippen molar-refractivity contribution in [2.75, 3.05) is 6.54 Å². The van der Waals surface area contributed by atoms with Crippen molar-refractivity contribution in [3.05, 3.63) is 71.4 Å². The molecule has 6 nitrogen and oxygen atoms in total. The Morgan fingerprint density at radius 1 is 0.926 bits per heavy atom. The molecule has 1 heterocycles. The van der Waals surface area contributed by atoms with E-state index in [2.05, 4.69) is 15.6 Å². The number of carbonyl (C=O) groups is 3. The second-order valence-corrected chi connectivity index (χ2v) is 6.27. The van der Waals surface area contributed by atoms with E-state index in [1.807, 2.05) is 48.5 Å². The van der Waals surface area contributed by atoms with Crippen LogP contribution >= 0.6 is 0 Å². The van der Waals surface area contributed by atoms with Crippen LogP contribution in [0.4, 0.5) is 0 Å². The van der Waals surface area contributed by atoms with Gasteiger partial charge in [0.25, 0.3) is 11.7 Å². The fourth-order valence-electron chi connectivity index (χ4n) is 2.94. The van der Waals surface area contributed by atoms with Gasteiger partial charge >= 0.3 is 0 Å². The molecule has 0 bridgehead atoms. The Kier molecular flexibility index (Phi) is 5.66. The number of fused-ring (bicyclic) bond motifs is 1. The van der Waals surface area contributed by atoms with E-state index in [-0.39, 0.29) is 18.9 Å². The molecule has 0 saturated heterocycles. The van der Waals surface area contributed by atoms with Crippen LogP contribution in [-0.2, 0) is 16.1 Å². The SMILES string of the molecule is Cc1[nH]c2ccccc2c1C(=O)C(=O)NCCC(=O)NCc1ccccc1. The summed E-state index contributed by atoms with van der Waals surface area (Å²) in [6.45, 7) is 2.30. The van der Waals surface area contributed by atoms with E-state index in [0.717, 1.165) is 16.5 Å². The van der Waals surface area contributed by atoms with E-state index < -0.39 is 11.7 Å². The van der Waals surface area contributed by atoms with Crippen molar-refractivity contribution in [1.29, 1.82) is 0 Å². The summed E-state index contributed by atoms with van der Waals surface area (Å²) in [5.74, 6) is -1.50. The van der Waals surface area contributed by atoms with Crippen molar-refractivity contribution in [2.24, 2.45) is 0 Å². The van der Waals surface area contributed by atoms with Crippen LogP contribution in [0.5, 0.6) is 0 Å². The molecule has 2 aromatic carbocycles. The second kappa shape index (κ2) is 8.31. The summed E-state index contributed by atoms with van der Waals surface area (Å²) in [7, 11) is 0. The third-order valence-electron chi connectivity index (χ3n) is 4.30. The van der Waals surface area contributed by atoms with E-state index in [4.69, 9.17) is 0 Å². The van der Waals surface area contributed by atoms with Gasteiger partial charge in [-0.25, -0.2) is 0 Å². The number of aromatic nitrogens is 1. The van der Waals surface area contributed by atoms with Gasteiger partial charge in [0, 0.05) is 36.1 Å². The number of aryl methyl sites for hydroxylation is 1. The number of hydrogen-bond acceptors (Lipinski definition) is 3. The maximum Gasteiger partial charge on any atom is 0.292 e. The van der Waals surface area contributed by atoms with E-state index in [1.54, 1.807) is 13.0 Å². The van der Waals surface area contributed by atoms with E-state index in [0.29, 0.717) is 17.8 Å². The highest BCUT2D eigenvalue weighted by molar-refractivity contribution is 6.45. The molecule has 3 rings (SSSR count). The summed E-state index contributed by atoms with van der Waals surface area (Å²) in [6.07, 6.45) is 0.110. The number of hydrogen-bond donors (Lipinski definition) is 3. The van der Waals surface area contributed by atoms with Gasteiger partial charge in [-0.2, -0.15) is 0 Å². The fourth-order valence-corrected chi connectivity index (χ4v) is 2.94. The Hall–Kier alpha value is -3.41. The Balaban J connectivity index is 1.51. The van der Waals surface area contributed by atoms with E-state index in [9.17, 15) is 14.4 Å². The Morgan fingerprint density at radius 3 is 2.41 bits per heavy atom. The van der Waals surface area contributed by atoms with Crippen molar-refractivity contribution in [3.8, 4) is 0 Å². The Labute approximate surface area is 157 Å². The van der Waals surface area contributed by atoms with Gasteiger partial charge in [-0.05, 0) is 18.6 Å². The number of aromatic amines is 1. The van der Waals surface area contributed by atoms with Gasteiger partial charge < -0.3 is 15.6 Å². The molecule has 0 radical (unpaired) electrons. The van der Waals surface area contributed by atoms with E-state index >= 15 is 0 Å². The highest BCUT2D eigenvalue weighted by Gasteiger charge is 2.22. The zero-order chi connectivity index (χ0) is 19.2. The quantitative estimate of drug-likeness (QED) is 0.445. The van der Waals surface area contributed by atoms with Gasteiger partial charge in [0.05, 0.1) is 5.56 Å². The average Bonchev–Trinajstić information content (AvgIpc) is 3.02. The zero-order valence-corrected chi connectivity index (χ0v) is 15.0. The largest absolute Gasteiger partial charge is 0.358 e. The number of nitrogens with one attached hydrogen (secondary N) is 3. The van der Waals surface area contributed by atoms with Crippen molar-refractivity contribution in [1.82, 2.24) is 15.6 Å². The van der Waals surface area contributed by atoms with Crippen LogP contribution in [0.2, 0.25) is 0 Å². The van der Waals surface area contributed by atoms with Crippen LogP contribution < -0.4 is 10.6 Å². The van der Waals surface area contributed by atoms with Crippen LogP contribution in [0.1, 0.15) is 28.0 Å². The molecule has 0 atom stereocenters. The van der Waals surface area contributed by atoms with Crippen molar-refractivity contribution < 1.29 is 14.4 Å². The molecule has 3 N–H and O–H groups in total. The highest BCUT2D eigenvalue weighted by Crippen LogP contribution is 2.22. The standard InChI is InChI=1S/C21H21N3O3/c1-14-19(16-9-5-6-10-17(16)24-14)20(26)21(27)22-12-11-18(25)23-13-15-7-3-2-4-8-15/h2-10,24H,11-13H2,1H3,(H,22,27)(H,23,25). The number of carbonyl (C=O) groups excluding carboxylic acids is 3. The first kappa shape index (κ1) is 18.4. The minimum Gasteiger partial charge on any atom is -0.358 e. The lowest BCUT2D eigenvalue weighted by molar-refractivity contribution is -0.121. The van der Waals surface area contributed by atoms with Gasteiger partial charge in [-0.1, -0.05) is 48.5 Å². The van der Waals surface area contributed by atoms with Crippen LogP contribution in [0, 0.1) is 6.92 Å². The second-order valence-electron chi connectivity index (χ2n) is 6.27. The van der Waals surface area contributed by atoms with Crippen LogP contribution in [-0.4, -0.2) is 29.1 Å². The number of rotatable bonds is 7.